The van der Waals surface area contributed by atoms with Crippen molar-refractivity contribution in [1.29, 1.82) is 0 Å². The SMILES string of the molecule is COc1ccc(C(=O)Oc2ccc(C=NNC(=O)CNC(=O)c3cc(OC)c(OC)c(OC)c3)cc2OC)cc1OC. The normalized spacial score (nSPS) is 10.4. The van der Waals surface area contributed by atoms with Gasteiger partial charge in [-0.15, -0.1) is 0 Å². The summed E-state index contributed by atoms with van der Waals surface area (Å²) in [7, 11) is 8.69. The van der Waals surface area contributed by atoms with E-state index in [2.05, 4.69) is 15.8 Å². The number of hydrazone groups is 1. The van der Waals surface area contributed by atoms with Gasteiger partial charge >= 0.3 is 5.97 Å². The van der Waals surface area contributed by atoms with Crippen LogP contribution in [0, 0.1) is 0 Å². The van der Waals surface area contributed by atoms with Crippen LogP contribution in [0.3, 0.4) is 0 Å². The molecule has 3 aromatic rings. The van der Waals surface area contributed by atoms with Crippen LogP contribution in [-0.2, 0) is 4.79 Å². The Hall–Kier alpha value is -5.46. The van der Waals surface area contributed by atoms with Gasteiger partial charge in [0.25, 0.3) is 11.8 Å². The lowest BCUT2D eigenvalue weighted by Crippen LogP contribution is -2.34. The molecule has 0 saturated carbocycles. The van der Waals surface area contributed by atoms with Crippen molar-refractivity contribution in [2.24, 2.45) is 5.10 Å². The molecule has 13 nitrogen and oxygen atoms in total. The van der Waals surface area contributed by atoms with Crippen LogP contribution in [0.25, 0.3) is 0 Å². The number of ether oxygens (including phenoxy) is 7. The molecule has 2 N–H and O–H groups in total. The number of nitrogens with one attached hydrogen (secondary N) is 2. The van der Waals surface area contributed by atoms with Crippen LogP contribution in [0.4, 0.5) is 0 Å². The van der Waals surface area contributed by atoms with Crippen molar-refractivity contribution in [2.75, 3.05) is 49.2 Å². The van der Waals surface area contributed by atoms with E-state index in [9.17, 15) is 14.4 Å². The summed E-state index contributed by atoms with van der Waals surface area (Å²) >= 11 is 0. The summed E-state index contributed by atoms with van der Waals surface area (Å²) in [6, 6.07) is 12.3. The second-order valence-corrected chi connectivity index (χ2v) is 8.26. The number of rotatable bonds is 13. The lowest BCUT2D eigenvalue weighted by atomic mass is 10.1. The Bertz CT molecular complexity index is 1450. The van der Waals surface area contributed by atoms with E-state index in [1.165, 1.54) is 73.1 Å². The van der Waals surface area contributed by atoms with Crippen LogP contribution in [0.5, 0.6) is 40.2 Å². The molecule has 222 valence electrons. The number of benzene rings is 3. The first-order valence-electron chi connectivity index (χ1n) is 12.3. The Morgan fingerprint density at radius 1 is 0.667 bits per heavy atom. The summed E-state index contributed by atoms with van der Waals surface area (Å²) in [5.74, 6) is 0.499. The van der Waals surface area contributed by atoms with Crippen molar-refractivity contribution in [2.45, 2.75) is 0 Å². The topological polar surface area (TPSA) is 152 Å². The lowest BCUT2D eigenvalue weighted by molar-refractivity contribution is -0.120. The number of amides is 2. The highest BCUT2D eigenvalue weighted by Gasteiger charge is 2.18. The zero-order valence-corrected chi connectivity index (χ0v) is 23.9. The predicted octanol–water partition coefficient (Wildman–Crippen LogP) is 2.84. The van der Waals surface area contributed by atoms with Crippen LogP contribution in [-0.4, -0.2) is 73.2 Å². The maximum Gasteiger partial charge on any atom is 0.343 e. The summed E-state index contributed by atoms with van der Waals surface area (Å²) in [5.41, 5.74) is 3.33. The molecule has 13 heteroatoms. The second kappa shape index (κ2) is 14.8. The molecule has 0 aliphatic heterocycles. The number of hydrogen-bond donors (Lipinski definition) is 2. The van der Waals surface area contributed by atoms with Crippen LogP contribution in [0.2, 0.25) is 0 Å². The fourth-order valence-corrected chi connectivity index (χ4v) is 3.66. The van der Waals surface area contributed by atoms with E-state index in [0.29, 0.717) is 34.3 Å². The van der Waals surface area contributed by atoms with E-state index in [1.54, 1.807) is 24.3 Å². The highest BCUT2D eigenvalue weighted by molar-refractivity contribution is 5.98. The average molecular weight is 582 g/mol. The van der Waals surface area contributed by atoms with Gasteiger partial charge in [-0.2, -0.15) is 5.10 Å². The maximum absolute atomic E-state index is 12.7. The third-order valence-electron chi connectivity index (χ3n) is 5.75. The van der Waals surface area contributed by atoms with Crippen molar-refractivity contribution in [3.05, 3.63) is 65.2 Å². The van der Waals surface area contributed by atoms with Crippen molar-refractivity contribution in [3.8, 4) is 40.2 Å². The van der Waals surface area contributed by atoms with Crippen molar-refractivity contribution < 1.29 is 47.5 Å². The summed E-state index contributed by atoms with van der Waals surface area (Å²) in [5, 5.41) is 6.40. The predicted molar refractivity (Wildman–Crippen MR) is 152 cm³/mol. The fraction of sp³-hybridized carbons (Fsp3) is 0.241. The van der Waals surface area contributed by atoms with E-state index in [1.807, 2.05) is 0 Å². The Morgan fingerprint density at radius 3 is 1.83 bits per heavy atom. The smallest absolute Gasteiger partial charge is 0.343 e. The first kappa shape index (κ1) is 31.1. The van der Waals surface area contributed by atoms with Gasteiger partial charge in [0, 0.05) is 5.56 Å². The van der Waals surface area contributed by atoms with Crippen molar-refractivity contribution in [1.82, 2.24) is 10.7 Å². The Morgan fingerprint density at radius 2 is 1.24 bits per heavy atom. The Labute approximate surface area is 242 Å². The standard InChI is InChI=1S/C29H31N3O10/c1-36-20-10-8-18(12-23(20)38-3)29(35)42-21-9-7-17(11-22(21)37-2)15-31-32-26(33)16-30-28(34)19-13-24(39-4)27(41-6)25(14-19)40-5/h7-15H,16H2,1-6H3,(H,30,34)(H,32,33). The number of methoxy groups -OCH3 is 6. The highest BCUT2D eigenvalue weighted by Crippen LogP contribution is 2.38. The average Bonchev–Trinajstić information content (AvgIpc) is 3.02. The second-order valence-electron chi connectivity index (χ2n) is 8.26. The van der Waals surface area contributed by atoms with Gasteiger partial charge < -0.3 is 38.5 Å². The first-order chi connectivity index (χ1) is 20.3. The monoisotopic (exact) mass is 581 g/mol. The number of carbonyl (C=O) groups is 3. The zero-order valence-electron chi connectivity index (χ0n) is 23.9. The number of hydrogen-bond acceptors (Lipinski definition) is 11. The van der Waals surface area contributed by atoms with Gasteiger partial charge in [-0.25, -0.2) is 10.2 Å². The molecule has 0 aliphatic rings. The molecule has 42 heavy (non-hydrogen) atoms. The third-order valence-corrected chi connectivity index (χ3v) is 5.75. The van der Waals surface area contributed by atoms with Crippen molar-refractivity contribution in [3.63, 3.8) is 0 Å². The molecular weight excluding hydrogens is 550 g/mol. The molecule has 0 unspecified atom stereocenters. The molecule has 0 atom stereocenters. The summed E-state index contributed by atoms with van der Waals surface area (Å²) in [4.78, 5) is 37.5. The largest absolute Gasteiger partial charge is 0.493 e. The molecule has 0 saturated heterocycles. The maximum atomic E-state index is 12.7. The van der Waals surface area contributed by atoms with Gasteiger partial charge in [0.2, 0.25) is 5.75 Å². The molecule has 3 aromatic carbocycles. The summed E-state index contributed by atoms with van der Waals surface area (Å²) in [6.45, 7) is -0.346. The molecule has 2 amide bonds. The van der Waals surface area contributed by atoms with E-state index in [4.69, 9.17) is 33.2 Å². The number of esters is 1. The van der Waals surface area contributed by atoms with Gasteiger partial charge in [0.1, 0.15) is 0 Å². The van der Waals surface area contributed by atoms with Crippen LogP contribution in [0.15, 0.2) is 53.6 Å². The molecule has 0 spiro atoms. The molecule has 0 bridgehead atoms. The minimum atomic E-state index is -0.628. The molecule has 0 aromatic heterocycles. The van der Waals surface area contributed by atoms with E-state index < -0.39 is 17.8 Å². The third kappa shape index (κ3) is 7.59. The molecule has 0 radical (unpaired) electrons. The summed E-state index contributed by atoms with van der Waals surface area (Å²) < 4.78 is 37.0. The van der Waals surface area contributed by atoms with Gasteiger partial charge in [0.05, 0.1) is 61.0 Å². The van der Waals surface area contributed by atoms with Crippen molar-refractivity contribution >= 4 is 24.0 Å². The molecular formula is C29H31N3O10. The quantitative estimate of drug-likeness (QED) is 0.133. The van der Waals surface area contributed by atoms with Gasteiger partial charge in [0.15, 0.2) is 34.5 Å². The molecule has 0 aliphatic carbocycles. The lowest BCUT2D eigenvalue weighted by Gasteiger charge is -2.14. The Balaban J connectivity index is 1.59. The summed E-state index contributed by atoms with van der Waals surface area (Å²) in [6.07, 6.45) is 1.36. The number of carbonyl (C=O) groups excluding carboxylic acids is 3. The molecule has 0 fully saturated rings. The van der Waals surface area contributed by atoms with E-state index >= 15 is 0 Å². The minimum Gasteiger partial charge on any atom is -0.493 e. The van der Waals surface area contributed by atoms with Gasteiger partial charge in [-0.05, 0) is 54.1 Å². The molecule has 0 heterocycles. The minimum absolute atomic E-state index is 0.174. The van der Waals surface area contributed by atoms with E-state index in [-0.39, 0.29) is 29.2 Å². The van der Waals surface area contributed by atoms with Gasteiger partial charge in [-0.1, -0.05) is 0 Å². The number of nitrogens with zero attached hydrogens (tertiary/aromatic N) is 1. The zero-order chi connectivity index (χ0) is 30.6. The molecule has 3 rings (SSSR count). The van der Waals surface area contributed by atoms with Crippen LogP contribution >= 0.6 is 0 Å². The van der Waals surface area contributed by atoms with Crippen LogP contribution < -0.4 is 43.9 Å². The van der Waals surface area contributed by atoms with E-state index in [0.717, 1.165) is 0 Å². The first-order valence-corrected chi connectivity index (χ1v) is 12.3. The van der Waals surface area contributed by atoms with Crippen LogP contribution in [0.1, 0.15) is 26.3 Å². The van der Waals surface area contributed by atoms with Gasteiger partial charge in [-0.3, -0.25) is 9.59 Å². The fourth-order valence-electron chi connectivity index (χ4n) is 3.66. The Kier molecular flexibility index (Phi) is 10.9. The highest BCUT2D eigenvalue weighted by atomic mass is 16.6.